The number of oxime groups is 1. The summed E-state index contributed by atoms with van der Waals surface area (Å²) in [5, 5.41) is 13.1. The van der Waals surface area contributed by atoms with Gasteiger partial charge in [0.15, 0.2) is 6.10 Å². The molecule has 0 saturated carbocycles. The zero-order chi connectivity index (χ0) is 10.8. The standard InChI is InChI=1S/C12H15NO2/c1-8-3-5-10(6-4-8)12-9(2)11(7-14)15-13-12/h3-6,9,11,14H,7H2,1-2H3/t9-,11-/m1/s1. The van der Waals surface area contributed by atoms with E-state index >= 15 is 0 Å². The minimum atomic E-state index is -0.193. The van der Waals surface area contributed by atoms with Crippen LogP contribution < -0.4 is 0 Å². The van der Waals surface area contributed by atoms with E-state index in [0.29, 0.717) is 0 Å². The predicted molar refractivity (Wildman–Crippen MR) is 58.8 cm³/mol. The average molecular weight is 205 g/mol. The second kappa shape index (κ2) is 4.03. The third-order valence-electron chi connectivity index (χ3n) is 2.80. The molecule has 0 fully saturated rings. The molecule has 0 bridgehead atoms. The van der Waals surface area contributed by atoms with Gasteiger partial charge in [0.1, 0.15) is 0 Å². The van der Waals surface area contributed by atoms with Gasteiger partial charge >= 0.3 is 0 Å². The van der Waals surface area contributed by atoms with Gasteiger partial charge in [-0.25, -0.2) is 0 Å². The molecule has 3 heteroatoms. The molecular formula is C12H15NO2. The number of aryl methyl sites for hydroxylation is 1. The first kappa shape index (κ1) is 10.2. The number of nitrogens with zero attached hydrogens (tertiary/aromatic N) is 1. The summed E-state index contributed by atoms with van der Waals surface area (Å²) in [6.07, 6.45) is -0.193. The van der Waals surface area contributed by atoms with E-state index in [4.69, 9.17) is 9.94 Å². The zero-order valence-electron chi connectivity index (χ0n) is 8.97. The number of hydrogen-bond acceptors (Lipinski definition) is 3. The summed E-state index contributed by atoms with van der Waals surface area (Å²) in [6, 6.07) is 8.18. The van der Waals surface area contributed by atoms with Crippen molar-refractivity contribution in [1.82, 2.24) is 0 Å². The monoisotopic (exact) mass is 205 g/mol. The molecule has 2 atom stereocenters. The molecule has 0 aromatic heterocycles. The number of hydrogen-bond donors (Lipinski definition) is 1. The van der Waals surface area contributed by atoms with Crippen molar-refractivity contribution in [2.24, 2.45) is 11.1 Å². The summed E-state index contributed by atoms with van der Waals surface area (Å²) in [7, 11) is 0. The average Bonchev–Trinajstić information content (AvgIpc) is 2.61. The first-order valence-corrected chi connectivity index (χ1v) is 5.14. The quantitative estimate of drug-likeness (QED) is 0.798. The molecule has 0 aliphatic carbocycles. The molecule has 1 aliphatic rings. The molecule has 1 N–H and O–H groups in total. The van der Waals surface area contributed by atoms with Crippen molar-refractivity contribution in [2.45, 2.75) is 20.0 Å². The van der Waals surface area contributed by atoms with Crippen LogP contribution in [-0.2, 0) is 4.84 Å². The normalized spacial score (nSPS) is 24.9. The number of aliphatic hydroxyl groups excluding tert-OH is 1. The second-order valence-electron chi connectivity index (χ2n) is 3.96. The molecule has 3 nitrogen and oxygen atoms in total. The smallest absolute Gasteiger partial charge is 0.158 e. The van der Waals surface area contributed by atoms with Gasteiger partial charge in [0.25, 0.3) is 0 Å². The highest BCUT2D eigenvalue weighted by Gasteiger charge is 2.30. The van der Waals surface area contributed by atoms with Crippen LogP contribution in [0.5, 0.6) is 0 Å². The maximum absolute atomic E-state index is 9.05. The Bertz CT molecular complexity index is 370. The number of rotatable bonds is 2. The summed E-state index contributed by atoms with van der Waals surface area (Å²) in [6.45, 7) is 4.09. The van der Waals surface area contributed by atoms with Crippen LogP contribution in [0.25, 0.3) is 0 Å². The highest BCUT2D eigenvalue weighted by atomic mass is 16.6. The highest BCUT2D eigenvalue weighted by Crippen LogP contribution is 2.22. The molecule has 1 aliphatic heterocycles. The number of benzene rings is 1. The SMILES string of the molecule is Cc1ccc(C2=NO[C@H](CO)[C@H]2C)cc1. The predicted octanol–water partition coefficient (Wildman–Crippen LogP) is 1.73. The Labute approximate surface area is 89.4 Å². The fraction of sp³-hybridized carbons (Fsp3) is 0.417. The van der Waals surface area contributed by atoms with Crippen LogP contribution in [0, 0.1) is 12.8 Å². The fourth-order valence-corrected chi connectivity index (χ4v) is 1.71. The van der Waals surface area contributed by atoms with E-state index in [1.165, 1.54) is 5.56 Å². The van der Waals surface area contributed by atoms with Gasteiger partial charge in [-0.05, 0) is 12.5 Å². The van der Waals surface area contributed by atoms with Crippen molar-refractivity contribution in [1.29, 1.82) is 0 Å². The lowest BCUT2D eigenvalue weighted by Crippen LogP contribution is -2.24. The largest absolute Gasteiger partial charge is 0.392 e. The first-order chi connectivity index (χ1) is 7.22. The van der Waals surface area contributed by atoms with Gasteiger partial charge in [-0.3, -0.25) is 0 Å². The lowest BCUT2D eigenvalue weighted by atomic mass is 9.94. The van der Waals surface area contributed by atoms with Crippen LogP contribution >= 0.6 is 0 Å². The summed E-state index contributed by atoms with van der Waals surface area (Å²) in [5.74, 6) is 0.151. The molecule has 0 unspecified atom stereocenters. The third kappa shape index (κ3) is 1.88. The Kier molecular flexibility index (Phi) is 2.73. The minimum absolute atomic E-state index is 0.0139. The summed E-state index contributed by atoms with van der Waals surface area (Å²) in [4.78, 5) is 5.15. The van der Waals surface area contributed by atoms with Crippen LogP contribution in [0.3, 0.4) is 0 Å². The van der Waals surface area contributed by atoms with E-state index in [2.05, 4.69) is 24.2 Å². The van der Waals surface area contributed by atoms with Crippen LogP contribution in [0.2, 0.25) is 0 Å². The van der Waals surface area contributed by atoms with Crippen molar-refractivity contribution in [2.75, 3.05) is 6.61 Å². The molecule has 1 aromatic rings. The summed E-state index contributed by atoms with van der Waals surface area (Å²) in [5.41, 5.74) is 3.22. The van der Waals surface area contributed by atoms with Gasteiger partial charge in [-0.2, -0.15) is 0 Å². The summed E-state index contributed by atoms with van der Waals surface area (Å²) >= 11 is 0. The van der Waals surface area contributed by atoms with E-state index in [9.17, 15) is 0 Å². The second-order valence-corrected chi connectivity index (χ2v) is 3.96. The van der Waals surface area contributed by atoms with Gasteiger partial charge in [0, 0.05) is 5.92 Å². The van der Waals surface area contributed by atoms with Gasteiger partial charge in [-0.1, -0.05) is 41.9 Å². The van der Waals surface area contributed by atoms with E-state index in [1.54, 1.807) is 0 Å². The number of aliphatic hydroxyl groups is 1. The molecule has 0 radical (unpaired) electrons. The van der Waals surface area contributed by atoms with Crippen LogP contribution in [0.1, 0.15) is 18.1 Å². The molecule has 80 valence electrons. The van der Waals surface area contributed by atoms with Gasteiger partial charge < -0.3 is 9.94 Å². The molecule has 0 saturated heterocycles. The van der Waals surface area contributed by atoms with Gasteiger partial charge in [0.2, 0.25) is 0 Å². The zero-order valence-corrected chi connectivity index (χ0v) is 8.97. The Morgan fingerprint density at radius 1 is 1.33 bits per heavy atom. The van der Waals surface area contributed by atoms with E-state index in [0.717, 1.165) is 11.3 Å². The Morgan fingerprint density at radius 3 is 2.53 bits per heavy atom. The lowest BCUT2D eigenvalue weighted by molar-refractivity contribution is 0.0211. The Hall–Kier alpha value is -1.35. The molecular weight excluding hydrogens is 190 g/mol. The van der Waals surface area contributed by atoms with Crippen molar-refractivity contribution < 1.29 is 9.94 Å². The van der Waals surface area contributed by atoms with Crippen molar-refractivity contribution in [3.05, 3.63) is 35.4 Å². The molecule has 2 rings (SSSR count). The lowest BCUT2D eigenvalue weighted by Gasteiger charge is -2.11. The van der Waals surface area contributed by atoms with E-state index < -0.39 is 0 Å². The molecule has 0 amide bonds. The van der Waals surface area contributed by atoms with E-state index in [1.807, 2.05) is 19.1 Å². The molecule has 15 heavy (non-hydrogen) atoms. The molecule has 1 heterocycles. The topological polar surface area (TPSA) is 41.8 Å². The van der Waals surface area contributed by atoms with Crippen molar-refractivity contribution in [3.63, 3.8) is 0 Å². The maximum atomic E-state index is 9.05. The van der Waals surface area contributed by atoms with E-state index in [-0.39, 0.29) is 18.6 Å². The van der Waals surface area contributed by atoms with Crippen LogP contribution in [0.4, 0.5) is 0 Å². The Balaban J connectivity index is 2.22. The van der Waals surface area contributed by atoms with Gasteiger partial charge in [0.05, 0.1) is 12.3 Å². The van der Waals surface area contributed by atoms with Crippen LogP contribution in [-0.4, -0.2) is 23.5 Å². The minimum Gasteiger partial charge on any atom is -0.392 e. The molecule has 0 spiro atoms. The van der Waals surface area contributed by atoms with Crippen molar-refractivity contribution in [3.8, 4) is 0 Å². The van der Waals surface area contributed by atoms with Gasteiger partial charge in [-0.15, -0.1) is 0 Å². The third-order valence-corrected chi connectivity index (χ3v) is 2.80. The highest BCUT2D eigenvalue weighted by molar-refractivity contribution is 6.02. The summed E-state index contributed by atoms with van der Waals surface area (Å²) < 4.78 is 0. The Morgan fingerprint density at radius 2 is 2.00 bits per heavy atom. The maximum Gasteiger partial charge on any atom is 0.158 e. The molecule has 1 aromatic carbocycles. The van der Waals surface area contributed by atoms with Crippen molar-refractivity contribution >= 4 is 5.71 Å². The van der Waals surface area contributed by atoms with Crippen LogP contribution in [0.15, 0.2) is 29.4 Å². The fourth-order valence-electron chi connectivity index (χ4n) is 1.71. The first-order valence-electron chi connectivity index (χ1n) is 5.14.